The van der Waals surface area contributed by atoms with E-state index in [4.69, 9.17) is 5.11 Å². The van der Waals surface area contributed by atoms with Crippen LogP contribution in [0.4, 0.5) is 5.69 Å². The molecule has 0 unspecified atom stereocenters. The highest BCUT2D eigenvalue weighted by atomic mass is 32.1. The molecule has 82 valence electrons. The van der Waals surface area contributed by atoms with E-state index >= 15 is 0 Å². The lowest BCUT2D eigenvalue weighted by Gasteiger charge is -2.07. The molecule has 1 heterocycles. The summed E-state index contributed by atoms with van der Waals surface area (Å²) in [6.45, 7) is 0. The van der Waals surface area contributed by atoms with Gasteiger partial charge in [-0.1, -0.05) is 12.1 Å². The van der Waals surface area contributed by atoms with E-state index in [0.717, 1.165) is 10.4 Å². The van der Waals surface area contributed by atoms with Gasteiger partial charge in [-0.25, -0.2) is 4.79 Å². The molecule has 0 saturated heterocycles. The Kier molecular flexibility index (Phi) is 2.92. The van der Waals surface area contributed by atoms with Crippen LogP contribution in [0.5, 0.6) is 0 Å². The Morgan fingerprint density at radius 2 is 2.19 bits per heavy atom. The van der Waals surface area contributed by atoms with Crippen LogP contribution in [-0.4, -0.2) is 18.1 Å². The zero-order chi connectivity index (χ0) is 11.5. The van der Waals surface area contributed by atoms with Gasteiger partial charge in [-0.2, -0.15) is 0 Å². The average molecular weight is 233 g/mol. The van der Waals surface area contributed by atoms with Crippen LogP contribution in [0.2, 0.25) is 0 Å². The van der Waals surface area contributed by atoms with E-state index < -0.39 is 5.97 Å². The fourth-order valence-corrected chi connectivity index (χ4v) is 2.26. The Labute approximate surface area is 97.4 Å². The molecule has 0 aliphatic rings. The SMILES string of the molecule is CNc1ccc(-c2cccs2)cc1C(=O)O. The smallest absolute Gasteiger partial charge is 0.337 e. The first-order valence-corrected chi connectivity index (χ1v) is 5.69. The minimum absolute atomic E-state index is 0.299. The number of benzene rings is 1. The lowest BCUT2D eigenvalue weighted by molar-refractivity contribution is 0.0698. The van der Waals surface area contributed by atoms with Gasteiger partial charge in [0.05, 0.1) is 5.56 Å². The van der Waals surface area contributed by atoms with Crippen molar-refractivity contribution >= 4 is 23.0 Å². The summed E-state index contributed by atoms with van der Waals surface area (Å²) < 4.78 is 0. The zero-order valence-corrected chi connectivity index (χ0v) is 9.54. The van der Waals surface area contributed by atoms with Crippen molar-refractivity contribution in [2.45, 2.75) is 0 Å². The Bertz CT molecular complexity index is 506. The first kappa shape index (κ1) is 10.7. The summed E-state index contributed by atoms with van der Waals surface area (Å²) in [5, 5.41) is 13.9. The van der Waals surface area contributed by atoms with Crippen LogP contribution in [0.25, 0.3) is 10.4 Å². The van der Waals surface area contributed by atoms with E-state index in [9.17, 15) is 4.79 Å². The van der Waals surface area contributed by atoms with Gasteiger partial charge in [0.2, 0.25) is 0 Å². The molecule has 16 heavy (non-hydrogen) atoms. The topological polar surface area (TPSA) is 49.3 Å². The quantitative estimate of drug-likeness (QED) is 0.856. The molecule has 2 aromatic rings. The number of hydrogen-bond donors (Lipinski definition) is 2. The first-order valence-electron chi connectivity index (χ1n) is 4.81. The number of hydrogen-bond acceptors (Lipinski definition) is 3. The molecule has 0 spiro atoms. The standard InChI is InChI=1S/C12H11NO2S/c1-13-10-5-4-8(7-9(10)12(14)15)11-3-2-6-16-11/h2-7,13H,1H3,(H,14,15). The van der Waals surface area contributed by atoms with Crippen molar-refractivity contribution in [3.63, 3.8) is 0 Å². The third kappa shape index (κ3) is 1.92. The maximum absolute atomic E-state index is 11.1. The average Bonchev–Trinajstić information content (AvgIpc) is 2.81. The Morgan fingerprint density at radius 1 is 1.38 bits per heavy atom. The van der Waals surface area contributed by atoms with Gasteiger partial charge < -0.3 is 10.4 Å². The van der Waals surface area contributed by atoms with Gasteiger partial charge >= 0.3 is 5.97 Å². The van der Waals surface area contributed by atoms with Crippen molar-refractivity contribution in [3.8, 4) is 10.4 Å². The summed E-state index contributed by atoms with van der Waals surface area (Å²) in [7, 11) is 1.71. The van der Waals surface area contributed by atoms with Crippen LogP contribution in [0.15, 0.2) is 35.7 Å². The molecule has 0 radical (unpaired) electrons. The number of anilines is 1. The highest BCUT2D eigenvalue weighted by molar-refractivity contribution is 7.13. The van der Waals surface area contributed by atoms with Crippen molar-refractivity contribution in [2.75, 3.05) is 12.4 Å². The summed E-state index contributed by atoms with van der Waals surface area (Å²) in [5.41, 5.74) is 1.87. The maximum Gasteiger partial charge on any atom is 0.337 e. The van der Waals surface area contributed by atoms with Gasteiger partial charge in [-0.05, 0) is 29.1 Å². The Hall–Kier alpha value is -1.81. The molecule has 0 aliphatic heterocycles. The largest absolute Gasteiger partial charge is 0.478 e. The van der Waals surface area contributed by atoms with Gasteiger partial charge in [0.25, 0.3) is 0 Å². The highest BCUT2D eigenvalue weighted by Gasteiger charge is 2.10. The first-order chi connectivity index (χ1) is 7.72. The van der Waals surface area contributed by atoms with E-state index in [1.807, 2.05) is 23.6 Å². The normalized spacial score (nSPS) is 10.1. The number of nitrogens with one attached hydrogen (secondary N) is 1. The zero-order valence-electron chi connectivity index (χ0n) is 8.73. The summed E-state index contributed by atoms with van der Waals surface area (Å²) in [6, 6.07) is 9.33. The van der Waals surface area contributed by atoms with Crippen LogP contribution < -0.4 is 5.32 Å². The van der Waals surface area contributed by atoms with E-state index in [-0.39, 0.29) is 0 Å². The molecule has 1 aromatic carbocycles. The molecule has 3 nitrogen and oxygen atoms in total. The minimum atomic E-state index is -0.914. The number of aromatic carboxylic acids is 1. The number of thiophene rings is 1. The molecule has 0 amide bonds. The minimum Gasteiger partial charge on any atom is -0.478 e. The lowest BCUT2D eigenvalue weighted by atomic mass is 10.1. The molecule has 4 heteroatoms. The van der Waals surface area contributed by atoms with E-state index in [2.05, 4.69) is 5.32 Å². The fourth-order valence-electron chi connectivity index (χ4n) is 1.54. The molecule has 0 atom stereocenters. The molecule has 0 saturated carbocycles. The predicted octanol–water partition coefficient (Wildman–Crippen LogP) is 3.16. The van der Waals surface area contributed by atoms with E-state index in [0.29, 0.717) is 11.3 Å². The lowest BCUT2D eigenvalue weighted by Crippen LogP contribution is -2.02. The molecular formula is C12H11NO2S. The van der Waals surface area contributed by atoms with Crippen LogP contribution in [-0.2, 0) is 0 Å². The third-order valence-electron chi connectivity index (χ3n) is 2.33. The second kappa shape index (κ2) is 4.37. The fraction of sp³-hybridized carbons (Fsp3) is 0.0833. The number of rotatable bonds is 3. The summed E-state index contributed by atoms with van der Waals surface area (Å²) in [6.07, 6.45) is 0. The summed E-state index contributed by atoms with van der Waals surface area (Å²) in [4.78, 5) is 12.1. The predicted molar refractivity (Wildman–Crippen MR) is 66.3 cm³/mol. The Balaban J connectivity index is 2.51. The van der Waals surface area contributed by atoms with Crippen LogP contribution in [0.3, 0.4) is 0 Å². The summed E-state index contributed by atoms with van der Waals surface area (Å²) >= 11 is 1.60. The second-order valence-corrected chi connectivity index (χ2v) is 4.24. The second-order valence-electron chi connectivity index (χ2n) is 3.29. The van der Waals surface area contributed by atoms with E-state index in [1.165, 1.54) is 0 Å². The molecule has 2 N–H and O–H groups in total. The molecule has 1 aromatic heterocycles. The molecular weight excluding hydrogens is 222 g/mol. The van der Waals surface area contributed by atoms with Crippen molar-refractivity contribution in [1.82, 2.24) is 0 Å². The van der Waals surface area contributed by atoms with Gasteiger partial charge in [-0.3, -0.25) is 0 Å². The van der Waals surface area contributed by atoms with Gasteiger partial charge in [-0.15, -0.1) is 11.3 Å². The van der Waals surface area contributed by atoms with Crippen molar-refractivity contribution in [2.24, 2.45) is 0 Å². The molecule has 0 aliphatic carbocycles. The van der Waals surface area contributed by atoms with Crippen molar-refractivity contribution in [3.05, 3.63) is 41.3 Å². The monoisotopic (exact) mass is 233 g/mol. The van der Waals surface area contributed by atoms with Crippen LogP contribution in [0, 0.1) is 0 Å². The van der Waals surface area contributed by atoms with Gasteiger partial charge in [0.1, 0.15) is 0 Å². The summed E-state index contributed by atoms with van der Waals surface area (Å²) in [5.74, 6) is -0.914. The third-order valence-corrected chi connectivity index (χ3v) is 3.24. The number of carbonyl (C=O) groups is 1. The Morgan fingerprint density at radius 3 is 2.75 bits per heavy atom. The molecule has 0 fully saturated rings. The molecule has 0 bridgehead atoms. The van der Waals surface area contributed by atoms with Crippen molar-refractivity contribution < 1.29 is 9.90 Å². The number of carboxylic acid groups (broad SMARTS) is 1. The van der Waals surface area contributed by atoms with E-state index in [1.54, 1.807) is 30.5 Å². The van der Waals surface area contributed by atoms with Gasteiger partial charge in [0, 0.05) is 17.6 Å². The van der Waals surface area contributed by atoms with Crippen LogP contribution >= 0.6 is 11.3 Å². The van der Waals surface area contributed by atoms with Crippen molar-refractivity contribution in [1.29, 1.82) is 0 Å². The maximum atomic E-state index is 11.1. The highest BCUT2D eigenvalue weighted by Crippen LogP contribution is 2.28. The number of carboxylic acids is 1. The molecule has 2 rings (SSSR count). The van der Waals surface area contributed by atoms with Gasteiger partial charge in [0.15, 0.2) is 0 Å². The van der Waals surface area contributed by atoms with Crippen LogP contribution in [0.1, 0.15) is 10.4 Å².